The highest BCUT2D eigenvalue weighted by molar-refractivity contribution is 5.39. The van der Waals surface area contributed by atoms with Gasteiger partial charge in [0.2, 0.25) is 0 Å². The summed E-state index contributed by atoms with van der Waals surface area (Å²) in [5, 5.41) is 3.22. The molecule has 1 aromatic rings. The molecule has 1 atom stereocenters. The van der Waals surface area contributed by atoms with Crippen LogP contribution in [0, 0.1) is 11.2 Å². The Morgan fingerprint density at radius 2 is 2.38 bits per heavy atom. The fourth-order valence-electron chi connectivity index (χ4n) is 2.35. The van der Waals surface area contributed by atoms with Gasteiger partial charge in [-0.25, -0.2) is 9.37 Å². The van der Waals surface area contributed by atoms with Crippen molar-refractivity contribution in [3.8, 4) is 0 Å². The normalized spacial score (nSPS) is 25.1. The lowest BCUT2D eigenvalue weighted by molar-refractivity contribution is 0.355. The molecule has 0 radical (unpaired) electrons. The van der Waals surface area contributed by atoms with Crippen LogP contribution in [0.2, 0.25) is 0 Å². The van der Waals surface area contributed by atoms with Gasteiger partial charge in [0.15, 0.2) is 0 Å². The molecule has 0 bridgehead atoms. The second kappa shape index (κ2) is 4.37. The molecule has 16 heavy (non-hydrogen) atoms. The number of halogens is 1. The van der Waals surface area contributed by atoms with Crippen molar-refractivity contribution in [3.63, 3.8) is 0 Å². The highest BCUT2D eigenvalue weighted by Gasteiger charge is 2.33. The lowest BCUT2D eigenvalue weighted by atomic mass is 9.90. The summed E-state index contributed by atoms with van der Waals surface area (Å²) >= 11 is 0. The SMILES string of the molecule is CNCC1(C)CCN(c2ccc(F)cn2)C1. The van der Waals surface area contributed by atoms with E-state index in [1.54, 1.807) is 6.07 Å². The highest BCUT2D eigenvalue weighted by atomic mass is 19.1. The van der Waals surface area contributed by atoms with E-state index in [1.165, 1.54) is 12.3 Å². The smallest absolute Gasteiger partial charge is 0.141 e. The molecular weight excluding hydrogens is 205 g/mol. The Morgan fingerprint density at radius 3 is 3.00 bits per heavy atom. The molecule has 0 amide bonds. The number of aromatic nitrogens is 1. The molecule has 0 aliphatic carbocycles. The molecule has 1 saturated heterocycles. The molecule has 88 valence electrons. The van der Waals surface area contributed by atoms with Crippen LogP contribution in [0.15, 0.2) is 18.3 Å². The number of nitrogens with one attached hydrogen (secondary N) is 1. The van der Waals surface area contributed by atoms with E-state index in [0.717, 1.165) is 31.9 Å². The van der Waals surface area contributed by atoms with Gasteiger partial charge in [0.25, 0.3) is 0 Å². The number of nitrogens with zero attached hydrogens (tertiary/aromatic N) is 2. The number of anilines is 1. The van der Waals surface area contributed by atoms with Crippen molar-refractivity contribution in [1.82, 2.24) is 10.3 Å². The van der Waals surface area contributed by atoms with Gasteiger partial charge >= 0.3 is 0 Å². The summed E-state index contributed by atoms with van der Waals surface area (Å²) in [7, 11) is 1.98. The van der Waals surface area contributed by atoms with Gasteiger partial charge < -0.3 is 10.2 Å². The van der Waals surface area contributed by atoms with Crippen LogP contribution in [0.5, 0.6) is 0 Å². The molecule has 0 spiro atoms. The van der Waals surface area contributed by atoms with Gasteiger partial charge in [-0.15, -0.1) is 0 Å². The molecular formula is C12H18FN3. The predicted molar refractivity (Wildman–Crippen MR) is 63.1 cm³/mol. The van der Waals surface area contributed by atoms with Crippen molar-refractivity contribution in [2.75, 3.05) is 31.6 Å². The molecule has 1 aliphatic rings. The van der Waals surface area contributed by atoms with E-state index in [0.29, 0.717) is 5.41 Å². The average Bonchev–Trinajstić information content (AvgIpc) is 2.62. The lowest BCUT2D eigenvalue weighted by Crippen LogP contribution is -2.33. The Kier molecular flexibility index (Phi) is 3.10. The van der Waals surface area contributed by atoms with Crippen LogP contribution in [0.1, 0.15) is 13.3 Å². The third-order valence-electron chi connectivity index (χ3n) is 3.20. The molecule has 0 aromatic carbocycles. The minimum absolute atomic E-state index is 0.277. The van der Waals surface area contributed by atoms with E-state index in [9.17, 15) is 4.39 Å². The number of hydrogen-bond acceptors (Lipinski definition) is 3. The highest BCUT2D eigenvalue weighted by Crippen LogP contribution is 2.31. The Bertz CT molecular complexity index is 352. The van der Waals surface area contributed by atoms with Crippen molar-refractivity contribution in [3.05, 3.63) is 24.1 Å². The van der Waals surface area contributed by atoms with Gasteiger partial charge in [-0.1, -0.05) is 6.92 Å². The molecule has 1 aromatic heterocycles. The summed E-state index contributed by atoms with van der Waals surface area (Å²) in [5.74, 6) is 0.599. The molecule has 1 unspecified atom stereocenters. The van der Waals surface area contributed by atoms with Crippen LogP contribution < -0.4 is 10.2 Å². The van der Waals surface area contributed by atoms with E-state index >= 15 is 0 Å². The van der Waals surface area contributed by atoms with E-state index in [-0.39, 0.29) is 5.82 Å². The Hall–Kier alpha value is -1.16. The molecule has 3 nitrogen and oxygen atoms in total. The third-order valence-corrected chi connectivity index (χ3v) is 3.20. The van der Waals surface area contributed by atoms with Crippen molar-refractivity contribution in [1.29, 1.82) is 0 Å². The van der Waals surface area contributed by atoms with Gasteiger partial charge in [-0.3, -0.25) is 0 Å². The van der Waals surface area contributed by atoms with Crippen LogP contribution in [0.25, 0.3) is 0 Å². The molecule has 2 heterocycles. The summed E-state index contributed by atoms with van der Waals surface area (Å²) in [5.41, 5.74) is 0.296. The zero-order valence-corrected chi connectivity index (χ0v) is 9.83. The summed E-state index contributed by atoms with van der Waals surface area (Å²) < 4.78 is 12.8. The summed E-state index contributed by atoms with van der Waals surface area (Å²) in [4.78, 5) is 6.34. The minimum Gasteiger partial charge on any atom is -0.356 e. The third kappa shape index (κ3) is 2.32. The van der Waals surface area contributed by atoms with Crippen molar-refractivity contribution in [2.24, 2.45) is 5.41 Å². The Balaban J connectivity index is 2.06. The number of rotatable bonds is 3. The number of pyridine rings is 1. The first-order valence-electron chi connectivity index (χ1n) is 5.64. The largest absolute Gasteiger partial charge is 0.356 e. The van der Waals surface area contributed by atoms with Crippen LogP contribution >= 0.6 is 0 Å². The van der Waals surface area contributed by atoms with Crippen molar-refractivity contribution in [2.45, 2.75) is 13.3 Å². The van der Waals surface area contributed by atoms with Gasteiger partial charge in [0.1, 0.15) is 11.6 Å². The average molecular weight is 223 g/mol. The fraction of sp³-hybridized carbons (Fsp3) is 0.583. The maximum atomic E-state index is 12.8. The summed E-state index contributed by atoms with van der Waals surface area (Å²) in [6.07, 6.45) is 2.43. The van der Waals surface area contributed by atoms with E-state index in [2.05, 4.69) is 22.1 Å². The quantitative estimate of drug-likeness (QED) is 0.844. The summed E-state index contributed by atoms with van der Waals surface area (Å²) in [6, 6.07) is 3.22. The predicted octanol–water partition coefficient (Wildman–Crippen LogP) is 1.66. The van der Waals surface area contributed by atoms with E-state index in [4.69, 9.17) is 0 Å². The van der Waals surface area contributed by atoms with E-state index < -0.39 is 0 Å². The second-order valence-electron chi connectivity index (χ2n) is 4.85. The number of hydrogen-bond donors (Lipinski definition) is 1. The standard InChI is InChI=1S/C12H18FN3/c1-12(8-14-2)5-6-16(9-12)11-4-3-10(13)7-15-11/h3-4,7,14H,5-6,8-9H2,1-2H3. The van der Waals surface area contributed by atoms with Crippen molar-refractivity contribution < 1.29 is 4.39 Å². The first kappa shape index (κ1) is 11.3. The molecule has 0 saturated carbocycles. The monoisotopic (exact) mass is 223 g/mol. The van der Waals surface area contributed by atoms with Gasteiger partial charge in [0.05, 0.1) is 6.20 Å². The lowest BCUT2D eigenvalue weighted by Gasteiger charge is -2.24. The zero-order valence-electron chi connectivity index (χ0n) is 9.83. The molecule has 1 aliphatic heterocycles. The molecule has 4 heteroatoms. The van der Waals surface area contributed by atoms with Crippen LogP contribution in [0.4, 0.5) is 10.2 Å². The van der Waals surface area contributed by atoms with Crippen LogP contribution in [-0.4, -0.2) is 31.7 Å². The van der Waals surface area contributed by atoms with Gasteiger partial charge in [0, 0.05) is 19.6 Å². The topological polar surface area (TPSA) is 28.2 Å². The minimum atomic E-state index is -0.277. The zero-order chi connectivity index (χ0) is 11.6. The maximum Gasteiger partial charge on any atom is 0.141 e. The van der Waals surface area contributed by atoms with Gasteiger partial charge in [-0.2, -0.15) is 0 Å². The summed E-state index contributed by atoms with van der Waals surface area (Å²) in [6.45, 7) is 5.25. The Morgan fingerprint density at radius 1 is 1.56 bits per heavy atom. The second-order valence-corrected chi connectivity index (χ2v) is 4.85. The first-order chi connectivity index (χ1) is 7.63. The van der Waals surface area contributed by atoms with Crippen LogP contribution in [0.3, 0.4) is 0 Å². The first-order valence-corrected chi connectivity index (χ1v) is 5.64. The van der Waals surface area contributed by atoms with Crippen LogP contribution in [-0.2, 0) is 0 Å². The Labute approximate surface area is 95.7 Å². The van der Waals surface area contributed by atoms with Crippen molar-refractivity contribution >= 4 is 5.82 Å². The molecule has 1 fully saturated rings. The fourth-order valence-corrected chi connectivity index (χ4v) is 2.35. The molecule has 2 rings (SSSR count). The van der Waals surface area contributed by atoms with Gasteiger partial charge in [-0.05, 0) is 31.0 Å². The molecule has 1 N–H and O–H groups in total. The van der Waals surface area contributed by atoms with E-state index in [1.807, 2.05) is 7.05 Å². The maximum absolute atomic E-state index is 12.8.